The fourth-order valence-corrected chi connectivity index (χ4v) is 2.84. The Balaban J connectivity index is 1.75. The van der Waals surface area contributed by atoms with E-state index in [0.717, 1.165) is 17.0 Å². The van der Waals surface area contributed by atoms with Crippen LogP contribution < -0.4 is 10.1 Å². The molecule has 1 saturated heterocycles. The SMILES string of the molecule is CCOc1ccc(N=C2NC(=O)C(=Cc3cccnc3)S2)cc1. The number of aliphatic imine (C=N–C) groups is 1. The second-order valence-corrected chi connectivity index (χ2v) is 5.73. The van der Waals surface area contributed by atoms with Gasteiger partial charge in [0.05, 0.1) is 17.2 Å². The maximum Gasteiger partial charge on any atom is 0.264 e. The number of pyridine rings is 1. The Hall–Kier alpha value is -2.60. The molecule has 2 aromatic rings. The second-order valence-electron chi connectivity index (χ2n) is 4.70. The van der Waals surface area contributed by atoms with Crippen molar-refractivity contribution in [3.63, 3.8) is 0 Å². The lowest BCUT2D eigenvalue weighted by atomic mass is 10.2. The second kappa shape index (κ2) is 7.11. The summed E-state index contributed by atoms with van der Waals surface area (Å²) in [4.78, 5) is 21.1. The normalized spacial score (nSPS) is 17.5. The van der Waals surface area contributed by atoms with Crippen LogP contribution in [0.15, 0.2) is 58.7 Å². The van der Waals surface area contributed by atoms with Gasteiger partial charge in [0.1, 0.15) is 5.75 Å². The molecule has 1 aromatic carbocycles. The molecule has 0 spiro atoms. The molecule has 116 valence electrons. The zero-order valence-corrected chi connectivity index (χ0v) is 13.3. The van der Waals surface area contributed by atoms with Gasteiger partial charge in [-0.2, -0.15) is 0 Å². The first-order valence-corrected chi connectivity index (χ1v) is 7.99. The number of rotatable bonds is 4. The monoisotopic (exact) mass is 325 g/mol. The summed E-state index contributed by atoms with van der Waals surface area (Å²) >= 11 is 1.31. The van der Waals surface area contributed by atoms with Gasteiger partial charge in [0.15, 0.2) is 5.17 Å². The number of aromatic nitrogens is 1. The quantitative estimate of drug-likeness (QED) is 0.875. The van der Waals surface area contributed by atoms with E-state index in [2.05, 4.69) is 15.3 Å². The van der Waals surface area contributed by atoms with Crippen molar-refractivity contribution in [1.82, 2.24) is 10.3 Å². The van der Waals surface area contributed by atoms with Crippen LogP contribution in [0.4, 0.5) is 5.69 Å². The van der Waals surface area contributed by atoms with Crippen LogP contribution >= 0.6 is 11.8 Å². The van der Waals surface area contributed by atoms with Crippen LogP contribution in [0.25, 0.3) is 6.08 Å². The number of carbonyl (C=O) groups is 1. The number of ether oxygens (including phenoxy) is 1. The first-order chi connectivity index (χ1) is 11.2. The predicted octanol–water partition coefficient (Wildman–Crippen LogP) is 3.37. The topological polar surface area (TPSA) is 63.6 Å². The van der Waals surface area contributed by atoms with Crippen LogP contribution in [-0.2, 0) is 4.79 Å². The molecular weight excluding hydrogens is 310 g/mol. The zero-order chi connectivity index (χ0) is 16.1. The molecule has 1 amide bonds. The van der Waals surface area contributed by atoms with Crippen molar-refractivity contribution < 1.29 is 9.53 Å². The Labute approximate surface area is 138 Å². The predicted molar refractivity (Wildman–Crippen MR) is 92.7 cm³/mol. The van der Waals surface area contributed by atoms with Crippen molar-refractivity contribution in [2.45, 2.75) is 6.92 Å². The van der Waals surface area contributed by atoms with Crippen molar-refractivity contribution in [1.29, 1.82) is 0 Å². The minimum atomic E-state index is -0.150. The van der Waals surface area contributed by atoms with Crippen molar-refractivity contribution in [2.24, 2.45) is 4.99 Å². The Bertz CT molecular complexity index is 755. The standard InChI is InChI=1S/C17H15N3O2S/c1-2-22-14-7-5-13(6-8-14)19-17-20-16(21)15(23-17)10-12-4-3-9-18-11-12/h3-11H,2H2,1H3,(H,19,20,21). The molecule has 0 atom stereocenters. The summed E-state index contributed by atoms with van der Waals surface area (Å²) in [5.41, 5.74) is 1.64. The smallest absolute Gasteiger partial charge is 0.264 e. The number of benzene rings is 1. The first kappa shape index (κ1) is 15.3. The van der Waals surface area contributed by atoms with Gasteiger partial charge >= 0.3 is 0 Å². The molecule has 0 saturated carbocycles. The number of amides is 1. The largest absolute Gasteiger partial charge is 0.494 e. The highest BCUT2D eigenvalue weighted by atomic mass is 32.2. The summed E-state index contributed by atoms with van der Waals surface area (Å²) in [6, 6.07) is 11.2. The third-order valence-electron chi connectivity index (χ3n) is 3.01. The van der Waals surface area contributed by atoms with Gasteiger partial charge in [-0.3, -0.25) is 9.78 Å². The fraction of sp³-hybridized carbons (Fsp3) is 0.118. The fourth-order valence-electron chi connectivity index (χ4n) is 1.99. The third kappa shape index (κ3) is 3.98. The van der Waals surface area contributed by atoms with Gasteiger partial charge in [-0.25, -0.2) is 4.99 Å². The third-order valence-corrected chi connectivity index (χ3v) is 3.92. The molecule has 2 heterocycles. The molecule has 1 N–H and O–H groups in total. The molecule has 1 aromatic heterocycles. The van der Waals surface area contributed by atoms with E-state index in [-0.39, 0.29) is 5.91 Å². The zero-order valence-electron chi connectivity index (χ0n) is 12.5. The summed E-state index contributed by atoms with van der Waals surface area (Å²) in [6.45, 7) is 2.57. The highest BCUT2D eigenvalue weighted by Crippen LogP contribution is 2.28. The molecular formula is C17H15N3O2S. The molecule has 5 nitrogen and oxygen atoms in total. The summed E-state index contributed by atoms with van der Waals surface area (Å²) in [5.74, 6) is 0.653. The van der Waals surface area contributed by atoms with Crippen LogP contribution in [0.5, 0.6) is 5.75 Å². The average molecular weight is 325 g/mol. The van der Waals surface area contributed by atoms with E-state index < -0.39 is 0 Å². The summed E-state index contributed by atoms with van der Waals surface area (Å²) in [5, 5.41) is 3.33. The molecule has 1 fully saturated rings. The lowest BCUT2D eigenvalue weighted by Gasteiger charge is -2.02. The minimum Gasteiger partial charge on any atom is -0.494 e. The number of amidine groups is 1. The van der Waals surface area contributed by atoms with Crippen LogP contribution in [0, 0.1) is 0 Å². The molecule has 0 aliphatic carbocycles. The number of carbonyl (C=O) groups excluding carboxylic acids is 1. The maximum atomic E-state index is 12.0. The molecule has 6 heteroatoms. The molecule has 23 heavy (non-hydrogen) atoms. The van der Waals surface area contributed by atoms with Gasteiger partial charge in [0.25, 0.3) is 5.91 Å². The lowest BCUT2D eigenvalue weighted by Crippen LogP contribution is -2.19. The Morgan fingerprint density at radius 2 is 2.13 bits per heavy atom. The highest BCUT2D eigenvalue weighted by molar-refractivity contribution is 8.18. The molecule has 0 bridgehead atoms. The van der Waals surface area contributed by atoms with E-state index in [1.807, 2.05) is 43.3 Å². The molecule has 3 rings (SSSR count). The Morgan fingerprint density at radius 3 is 2.83 bits per heavy atom. The minimum absolute atomic E-state index is 0.150. The van der Waals surface area contributed by atoms with Crippen molar-refractivity contribution in [3.05, 3.63) is 59.3 Å². The van der Waals surface area contributed by atoms with Crippen LogP contribution in [0.2, 0.25) is 0 Å². The summed E-state index contributed by atoms with van der Waals surface area (Å²) in [7, 11) is 0. The molecule has 0 unspecified atom stereocenters. The van der Waals surface area contributed by atoms with Crippen LogP contribution in [0.1, 0.15) is 12.5 Å². The number of thioether (sulfide) groups is 1. The van der Waals surface area contributed by atoms with Gasteiger partial charge in [0, 0.05) is 12.4 Å². The van der Waals surface area contributed by atoms with Gasteiger partial charge in [-0.15, -0.1) is 0 Å². The van der Waals surface area contributed by atoms with E-state index in [1.54, 1.807) is 18.5 Å². The highest BCUT2D eigenvalue weighted by Gasteiger charge is 2.23. The van der Waals surface area contributed by atoms with Gasteiger partial charge in [-0.1, -0.05) is 6.07 Å². The summed E-state index contributed by atoms with van der Waals surface area (Å²) in [6.07, 6.45) is 5.21. The van der Waals surface area contributed by atoms with E-state index in [4.69, 9.17) is 4.74 Å². The van der Waals surface area contributed by atoms with E-state index in [9.17, 15) is 4.79 Å². The van der Waals surface area contributed by atoms with E-state index in [1.165, 1.54) is 11.8 Å². The maximum absolute atomic E-state index is 12.0. The van der Waals surface area contributed by atoms with Crippen molar-refractivity contribution in [2.75, 3.05) is 6.61 Å². The molecule has 1 aliphatic heterocycles. The first-order valence-electron chi connectivity index (χ1n) is 7.17. The number of hydrogen-bond acceptors (Lipinski definition) is 5. The lowest BCUT2D eigenvalue weighted by molar-refractivity contribution is -0.115. The van der Waals surface area contributed by atoms with E-state index >= 15 is 0 Å². The van der Waals surface area contributed by atoms with Gasteiger partial charge in [-0.05, 0) is 60.7 Å². The number of nitrogens with one attached hydrogen (secondary N) is 1. The number of hydrogen-bond donors (Lipinski definition) is 1. The molecule has 0 radical (unpaired) electrons. The Morgan fingerprint density at radius 1 is 1.30 bits per heavy atom. The van der Waals surface area contributed by atoms with Gasteiger partial charge in [0.2, 0.25) is 0 Å². The average Bonchev–Trinajstić information content (AvgIpc) is 2.90. The van der Waals surface area contributed by atoms with Crippen LogP contribution in [-0.4, -0.2) is 22.7 Å². The van der Waals surface area contributed by atoms with Gasteiger partial charge < -0.3 is 10.1 Å². The van der Waals surface area contributed by atoms with E-state index in [0.29, 0.717) is 16.7 Å². The van der Waals surface area contributed by atoms with Crippen LogP contribution in [0.3, 0.4) is 0 Å². The van der Waals surface area contributed by atoms with Crippen molar-refractivity contribution >= 4 is 34.6 Å². The summed E-state index contributed by atoms with van der Waals surface area (Å²) < 4.78 is 5.39. The Kier molecular flexibility index (Phi) is 4.73. The molecule has 1 aliphatic rings. The number of nitrogens with zero attached hydrogens (tertiary/aromatic N) is 2. The van der Waals surface area contributed by atoms with Crippen molar-refractivity contribution in [3.8, 4) is 5.75 Å².